The van der Waals surface area contributed by atoms with Crippen molar-refractivity contribution in [2.45, 2.75) is 18.9 Å². The minimum atomic E-state index is -0.753. The first-order valence-electron chi connectivity index (χ1n) is 8.01. The number of piperidine rings is 1. The van der Waals surface area contributed by atoms with Gasteiger partial charge in [0.15, 0.2) is 0 Å². The van der Waals surface area contributed by atoms with E-state index in [-0.39, 0.29) is 17.8 Å². The maximum atomic E-state index is 13.5. The molecule has 25 heavy (non-hydrogen) atoms. The fourth-order valence-electron chi connectivity index (χ4n) is 2.80. The summed E-state index contributed by atoms with van der Waals surface area (Å²) in [7, 11) is 0. The van der Waals surface area contributed by atoms with Gasteiger partial charge in [-0.05, 0) is 43.1 Å². The van der Waals surface area contributed by atoms with E-state index in [1.54, 1.807) is 18.2 Å². The Morgan fingerprint density at radius 3 is 2.84 bits per heavy atom. The van der Waals surface area contributed by atoms with Crippen LogP contribution in [-0.4, -0.2) is 31.1 Å². The molecule has 0 radical (unpaired) electrons. The third-order valence-corrected chi connectivity index (χ3v) is 5.12. The molecule has 3 amide bonds. The second-order valence-electron chi connectivity index (χ2n) is 5.87. The Balaban J connectivity index is 1.87. The van der Waals surface area contributed by atoms with Crippen LogP contribution in [-0.2, 0) is 0 Å². The number of carbonyl (C=O) groups excluding carboxylic acids is 2. The van der Waals surface area contributed by atoms with Gasteiger partial charge in [0.25, 0.3) is 5.91 Å². The average Bonchev–Trinajstić information content (AvgIpc) is 2.99. The van der Waals surface area contributed by atoms with Crippen LogP contribution in [0.15, 0.2) is 30.3 Å². The molecular weight excluding hydrogens is 343 g/mol. The molecule has 5 N–H and O–H groups in total. The second-order valence-corrected chi connectivity index (χ2v) is 6.92. The first kappa shape index (κ1) is 17.4. The summed E-state index contributed by atoms with van der Waals surface area (Å²) in [6, 6.07) is 7.00. The number of rotatable bonds is 4. The lowest BCUT2D eigenvalue weighted by Gasteiger charge is -2.23. The van der Waals surface area contributed by atoms with Gasteiger partial charge < -0.3 is 21.7 Å². The maximum Gasteiger partial charge on any atom is 0.316 e. The minimum Gasteiger partial charge on any atom is -0.351 e. The standard InChI is InChI=1S/C17H19FN4O2S/c18-11-4-1-3-10(7-11)14-8-13(22-17(19)24)15(25-14)16(23)21-12-5-2-6-20-9-12/h1,3-4,7-8,12,20H,2,5-6,9H2,(H,21,23)(H3,19,22,24)/t12-/m1/s1. The van der Waals surface area contributed by atoms with E-state index >= 15 is 0 Å². The molecule has 132 valence electrons. The second kappa shape index (κ2) is 7.62. The van der Waals surface area contributed by atoms with Crippen LogP contribution in [0.5, 0.6) is 0 Å². The largest absolute Gasteiger partial charge is 0.351 e. The van der Waals surface area contributed by atoms with Crippen LogP contribution in [0.1, 0.15) is 22.5 Å². The van der Waals surface area contributed by atoms with Gasteiger partial charge in [-0.15, -0.1) is 11.3 Å². The van der Waals surface area contributed by atoms with Crippen molar-refractivity contribution < 1.29 is 14.0 Å². The van der Waals surface area contributed by atoms with Crippen molar-refractivity contribution in [2.75, 3.05) is 18.4 Å². The van der Waals surface area contributed by atoms with Crippen molar-refractivity contribution in [1.29, 1.82) is 0 Å². The lowest BCUT2D eigenvalue weighted by molar-refractivity contribution is 0.0935. The highest BCUT2D eigenvalue weighted by Crippen LogP contribution is 2.35. The molecule has 1 aliphatic rings. The number of benzene rings is 1. The molecule has 2 aromatic rings. The number of urea groups is 1. The molecule has 0 aliphatic carbocycles. The summed E-state index contributed by atoms with van der Waals surface area (Å²) in [5, 5.41) is 8.68. The van der Waals surface area contributed by atoms with E-state index < -0.39 is 6.03 Å². The number of carbonyl (C=O) groups is 2. The highest BCUT2D eigenvalue weighted by Gasteiger charge is 2.22. The number of nitrogens with two attached hydrogens (primary N) is 1. The molecule has 3 rings (SSSR count). The van der Waals surface area contributed by atoms with Crippen molar-refractivity contribution >= 4 is 29.0 Å². The Kier molecular flexibility index (Phi) is 5.30. The number of primary amides is 1. The predicted octanol–water partition coefficient (Wildman–Crippen LogP) is 2.53. The van der Waals surface area contributed by atoms with Crippen LogP contribution in [0.3, 0.4) is 0 Å². The van der Waals surface area contributed by atoms with E-state index in [1.165, 1.54) is 23.5 Å². The maximum absolute atomic E-state index is 13.5. The SMILES string of the molecule is NC(=O)Nc1cc(-c2cccc(F)c2)sc1C(=O)N[C@@H]1CCCNC1. The first-order valence-corrected chi connectivity index (χ1v) is 8.82. The molecule has 8 heteroatoms. The molecular formula is C17H19FN4O2S. The van der Waals surface area contributed by atoms with Crippen molar-refractivity contribution in [3.63, 3.8) is 0 Å². The average molecular weight is 362 g/mol. The third-order valence-electron chi connectivity index (χ3n) is 3.94. The molecule has 1 saturated heterocycles. The molecule has 1 aromatic carbocycles. The molecule has 0 unspecified atom stereocenters. The quantitative estimate of drug-likeness (QED) is 0.673. The number of amides is 3. The van der Waals surface area contributed by atoms with Crippen LogP contribution in [0.4, 0.5) is 14.9 Å². The van der Waals surface area contributed by atoms with E-state index in [9.17, 15) is 14.0 Å². The van der Waals surface area contributed by atoms with Gasteiger partial charge in [-0.25, -0.2) is 9.18 Å². The van der Waals surface area contributed by atoms with Gasteiger partial charge in [0.1, 0.15) is 10.7 Å². The molecule has 1 aromatic heterocycles. The summed E-state index contributed by atoms with van der Waals surface area (Å²) in [5.74, 6) is -0.639. The smallest absolute Gasteiger partial charge is 0.316 e. The fourth-order valence-corrected chi connectivity index (χ4v) is 3.81. The van der Waals surface area contributed by atoms with Crippen molar-refractivity contribution in [3.8, 4) is 10.4 Å². The number of halogens is 1. The van der Waals surface area contributed by atoms with Gasteiger partial charge >= 0.3 is 6.03 Å². The molecule has 6 nitrogen and oxygen atoms in total. The summed E-state index contributed by atoms with van der Waals surface area (Å²) in [6.07, 6.45) is 1.90. The molecule has 0 saturated carbocycles. The van der Waals surface area contributed by atoms with Gasteiger partial charge in [-0.3, -0.25) is 4.79 Å². The van der Waals surface area contributed by atoms with Gasteiger partial charge in [-0.2, -0.15) is 0 Å². The van der Waals surface area contributed by atoms with E-state index in [0.717, 1.165) is 19.4 Å². The van der Waals surface area contributed by atoms with E-state index in [1.807, 2.05) is 0 Å². The molecule has 2 heterocycles. The summed E-state index contributed by atoms with van der Waals surface area (Å²) in [6.45, 7) is 1.66. The predicted molar refractivity (Wildman–Crippen MR) is 96.3 cm³/mol. The zero-order valence-corrected chi connectivity index (χ0v) is 14.3. The molecule has 1 aliphatic heterocycles. The number of anilines is 1. The van der Waals surface area contributed by atoms with E-state index in [4.69, 9.17) is 5.73 Å². The number of hydrogen-bond acceptors (Lipinski definition) is 4. The normalized spacial score (nSPS) is 17.1. The Morgan fingerprint density at radius 2 is 2.16 bits per heavy atom. The Bertz CT molecular complexity index is 787. The van der Waals surface area contributed by atoms with E-state index in [0.29, 0.717) is 27.5 Å². The minimum absolute atomic E-state index is 0.0439. The van der Waals surface area contributed by atoms with Crippen LogP contribution in [0.2, 0.25) is 0 Å². The van der Waals surface area contributed by atoms with Gasteiger partial charge in [0, 0.05) is 17.5 Å². The summed E-state index contributed by atoms with van der Waals surface area (Å²) in [5.41, 5.74) is 6.17. The fraction of sp³-hybridized carbons (Fsp3) is 0.294. The molecule has 1 fully saturated rings. The summed E-state index contributed by atoms with van der Waals surface area (Å²) < 4.78 is 13.5. The van der Waals surface area contributed by atoms with Crippen LogP contribution >= 0.6 is 11.3 Å². The van der Waals surface area contributed by atoms with Crippen LogP contribution in [0.25, 0.3) is 10.4 Å². The number of nitrogens with one attached hydrogen (secondary N) is 3. The zero-order valence-electron chi connectivity index (χ0n) is 13.5. The number of hydrogen-bond donors (Lipinski definition) is 4. The summed E-state index contributed by atoms with van der Waals surface area (Å²) in [4.78, 5) is 24.9. The van der Waals surface area contributed by atoms with Crippen LogP contribution in [0, 0.1) is 5.82 Å². The van der Waals surface area contributed by atoms with Gasteiger partial charge in [0.05, 0.1) is 5.69 Å². The monoisotopic (exact) mass is 362 g/mol. The van der Waals surface area contributed by atoms with Crippen LogP contribution < -0.4 is 21.7 Å². The Hall–Kier alpha value is -2.45. The van der Waals surface area contributed by atoms with Crippen molar-refractivity contribution in [3.05, 3.63) is 41.0 Å². The first-order chi connectivity index (χ1) is 12.0. The Morgan fingerprint density at radius 1 is 1.32 bits per heavy atom. The summed E-state index contributed by atoms with van der Waals surface area (Å²) >= 11 is 1.19. The topological polar surface area (TPSA) is 96.2 Å². The highest BCUT2D eigenvalue weighted by atomic mass is 32.1. The highest BCUT2D eigenvalue weighted by molar-refractivity contribution is 7.18. The lowest BCUT2D eigenvalue weighted by atomic mass is 10.1. The third kappa shape index (κ3) is 4.34. The lowest BCUT2D eigenvalue weighted by Crippen LogP contribution is -2.45. The van der Waals surface area contributed by atoms with Gasteiger partial charge in [0.2, 0.25) is 0 Å². The van der Waals surface area contributed by atoms with Gasteiger partial charge in [-0.1, -0.05) is 12.1 Å². The number of thiophene rings is 1. The zero-order chi connectivity index (χ0) is 17.8. The molecule has 0 bridgehead atoms. The molecule has 1 atom stereocenters. The van der Waals surface area contributed by atoms with Crippen molar-refractivity contribution in [2.24, 2.45) is 5.73 Å². The molecule has 0 spiro atoms. The van der Waals surface area contributed by atoms with Crippen molar-refractivity contribution in [1.82, 2.24) is 10.6 Å². The Labute approximate surface area is 148 Å². The van der Waals surface area contributed by atoms with E-state index in [2.05, 4.69) is 16.0 Å².